The molecule has 1 heterocycles. The molecule has 4 rings (SSSR count). The zero-order valence-electron chi connectivity index (χ0n) is 24.1. The Kier molecular flexibility index (Phi) is 8.60. The molecule has 0 spiro atoms. The van der Waals surface area contributed by atoms with Gasteiger partial charge in [0.25, 0.3) is 5.56 Å². The van der Waals surface area contributed by atoms with Gasteiger partial charge in [-0.3, -0.25) is 4.79 Å². The van der Waals surface area contributed by atoms with Gasteiger partial charge in [-0.1, -0.05) is 30.3 Å². The van der Waals surface area contributed by atoms with Crippen LogP contribution in [0, 0.1) is 0 Å². The Balaban J connectivity index is 2.00. The number of aromatic carboxylic acids is 1. The van der Waals surface area contributed by atoms with Gasteiger partial charge in [-0.25, -0.2) is 19.7 Å². The molecule has 0 bridgehead atoms. The first-order chi connectivity index (χ1) is 20.0. The second-order valence-corrected chi connectivity index (χ2v) is 10.2. The highest BCUT2D eigenvalue weighted by Gasteiger charge is 2.28. The highest BCUT2D eigenvalue weighted by molar-refractivity contribution is 6.07. The van der Waals surface area contributed by atoms with E-state index in [0.29, 0.717) is 27.1 Å². The maximum atomic E-state index is 13.8. The number of hydrogen-bond donors (Lipinski definition) is 2. The predicted molar refractivity (Wildman–Crippen MR) is 157 cm³/mol. The molecule has 1 aromatic heterocycles. The number of amides is 1. The van der Waals surface area contributed by atoms with Crippen LogP contribution in [0.2, 0.25) is 0 Å². The van der Waals surface area contributed by atoms with Crippen molar-refractivity contribution in [3.8, 4) is 34.1 Å². The average Bonchev–Trinajstić information content (AvgIpc) is 2.95. The van der Waals surface area contributed by atoms with E-state index in [1.807, 2.05) is 30.3 Å². The Morgan fingerprint density at radius 2 is 1.52 bits per heavy atom. The minimum atomic E-state index is -1.47. The molecule has 0 radical (unpaired) electrons. The van der Waals surface area contributed by atoms with Gasteiger partial charge < -0.3 is 28.8 Å². The quantitative estimate of drug-likeness (QED) is 0.267. The number of benzene rings is 3. The minimum absolute atomic E-state index is 0.0883. The third-order valence-corrected chi connectivity index (χ3v) is 6.16. The Bertz CT molecular complexity index is 1660. The number of aromatic nitrogens is 1. The van der Waals surface area contributed by atoms with E-state index in [1.54, 1.807) is 45.0 Å². The van der Waals surface area contributed by atoms with Crippen molar-refractivity contribution < 1.29 is 38.4 Å². The van der Waals surface area contributed by atoms with Crippen LogP contribution in [0.4, 0.5) is 4.79 Å². The van der Waals surface area contributed by atoms with Crippen molar-refractivity contribution in [3.63, 3.8) is 0 Å². The van der Waals surface area contributed by atoms with E-state index in [1.165, 1.54) is 27.4 Å². The van der Waals surface area contributed by atoms with Crippen LogP contribution in [0.1, 0.15) is 36.8 Å². The summed E-state index contributed by atoms with van der Waals surface area (Å²) in [7, 11) is 4.30. The molecule has 220 valence electrons. The molecule has 0 unspecified atom stereocenters. The van der Waals surface area contributed by atoms with Gasteiger partial charge in [-0.2, -0.15) is 0 Å². The summed E-state index contributed by atoms with van der Waals surface area (Å²) in [6, 6.07) is 17.3. The zero-order chi connectivity index (χ0) is 30.6. The fourth-order valence-electron chi connectivity index (χ4n) is 4.43. The maximum Gasteiger partial charge on any atom is 0.427 e. The Labute approximate surface area is 242 Å². The molecule has 1 amide bonds. The molecule has 0 saturated heterocycles. The highest BCUT2D eigenvalue weighted by Crippen LogP contribution is 2.43. The molecule has 4 aromatic rings. The lowest BCUT2D eigenvalue weighted by molar-refractivity contribution is 0.0608. The van der Waals surface area contributed by atoms with Crippen LogP contribution in [-0.2, 0) is 11.3 Å². The van der Waals surface area contributed by atoms with Gasteiger partial charge in [-0.05, 0) is 67.6 Å². The van der Waals surface area contributed by atoms with Gasteiger partial charge in [0.1, 0.15) is 18.0 Å². The van der Waals surface area contributed by atoms with Crippen LogP contribution < -0.4 is 29.9 Å². The summed E-state index contributed by atoms with van der Waals surface area (Å²) in [6.07, 6.45) is -1.02. The molecule has 11 nitrogen and oxygen atoms in total. The number of carbonyl (C=O) groups excluding carboxylic acids is 1. The number of rotatable bonds is 9. The Morgan fingerprint density at radius 3 is 2.07 bits per heavy atom. The van der Waals surface area contributed by atoms with Crippen molar-refractivity contribution in [2.45, 2.75) is 33.0 Å². The fraction of sp³-hybridized carbons (Fsp3) is 0.258. The summed E-state index contributed by atoms with van der Waals surface area (Å²) < 4.78 is 28.3. The van der Waals surface area contributed by atoms with E-state index >= 15 is 0 Å². The molecule has 0 fully saturated rings. The monoisotopic (exact) mass is 576 g/mol. The lowest BCUT2D eigenvalue weighted by Gasteiger charge is -2.23. The van der Waals surface area contributed by atoms with Crippen LogP contribution in [0.25, 0.3) is 21.9 Å². The van der Waals surface area contributed by atoms with Crippen molar-refractivity contribution in [3.05, 3.63) is 82.3 Å². The third kappa shape index (κ3) is 6.25. The summed E-state index contributed by atoms with van der Waals surface area (Å²) in [6.45, 7) is 5.17. The smallest absolute Gasteiger partial charge is 0.427 e. The third-order valence-electron chi connectivity index (χ3n) is 6.16. The van der Waals surface area contributed by atoms with E-state index in [2.05, 4.69) is 5.43 Å². The van der Waals surface area contributed by atoms with Crippen LogP contribution >= 0.6 is 0 Å². The number of carboxylic acids is 1. The SMILES string of the molecule is COc1cc(-c2c(C(=O)O)n(NC(=O)OC(C)(C)C)c(=O)c3cc(OCc4ccccc4)ccc23)cc(OC)c1OC. The van der Waals surface area contributed by atoms with Gasteiger partial charge in [-0.15, -0.1) is 0 Å². The van der Waals surface area contributed by atoms with Crippen molar-refractivity contribution in [2.75, 3.05) is 26.8 Å². The summed E-state index contributed by atoms with van der Waals surface area (Å²) in [5.41, 5.74) is 1.45. The molecule has 2 N–H and O–H groups in total. The number of carbonyl (C=O) groups is 2. The van der Waals surface area contributed by atoms with Crippen molar-refractivity contribution in [1.82, 2.24) is 4.68 Å². The first-order valence-corrected chi connectivity index (χ1v) is 12.9. The van der Waals surface area contributed by atoms with E-state index in [9.17, 15) is 19.5 Å². The number of carboxylic acid groups (broad SMARTS) is 1. The number of nitrogens with one attached hydrogen (secondary N) is 1. The first-order valence-electron chi connectivity index (χ1n) is 12.9. The van der Waals surface area contributed by atoms with E-state index < -0.39 is 28.9 Å². The number of ether oxygens (including phenoxy) is 5. The zero-order valence-corrected chi connectivity index (χ0v) is 24.1. The van der Waals surface area contributed by atoms with Crippen LogP contribution in [0.5, 0.6) is 23.0 Å². The summed E-state index contributed by atoms with van der Waals surface area (Å²) in [4.78, 5) is 39.4. The van der Waals surface area contributed by atoms with E-state index in [4.69, 9.17) is 23.7 Å². The average molecular weight is 577 g/mol. The van der Waals surface area contributed by atoms with E-state index in [-0.39, 0.29) is 29.1 Å². The lowest BCUT2D eigenvalue weighted by Crippen LogP contribution is -2.40. The molecule has 0 aliphatic heterocycles. The Hall–Kier alpha value is -5.19. The van der Waals surface area contributed by atoms with Gasteiger partial charge in [0.05, 0.1) is 26.7 Å². The molecule has 0 aliphatic rings. The molecule has 42 heavy (non-hydrogen) atoms. The summed E-state index contributed by atoms with van der Waals surface area (Å²) in [5, 5.41) is 10.8. The largest absolute Gasteiger partial charge is 0.493 e. The number of pyridine rings is 1. The standard InChI is InChI=1S/C31H32N2O9/c1-31(2,3)42-30(37)32-33-26(29(35)36)25(19-14-23(38-4)27(40-6)24(15-19)39-5)21-13-12-20(16-22(21)28(33)34)41-17-18-10-8-7-9-11-18/h7-16H,17H2,1-6H3,(H,32,37)(H,35,36). The summed E-state index contributed by atoms with van der Waals surface area (Å²) >= 11 is 0. The fourth-order valence-corrected chi connectivity index (χ4v) is 4.43. The molecular weight excluding hydrogens is 544 g/mol. The normalized spacial score (nSPS) is 11.1. The maximum absolute atomic E-state index is 13.8. The van der Waals surface area contributed by atoms with Crippen molar-refractivity contribution >= 4 is 22.8 Å². The number of fused-ring (bicyclic) bond motifs is 1. The molecule has 0 atom stereocenters. The number of methoxy groups -OCH3 is 3. The first kappa shape index (κ1) is 29.8. The second-order valence-electron chi connectivity index (χ2n) is 10.2. The molecule has 11 heteroatoms. The van der Waals surface area contributed by atoms with Crippen molar-refractivity contribution in [1.29, 1.82) is 0 Å². The Morgan fingerprint density at radius 1 is 0.881 bits per heavy atom. The van der Waals surface area contributed by atoms with Crippen LogP contribution in [0.3, 0.4) is 0 Å². The molecule has 0 aliphatic carbocycles. The van der Waals surface area contributed by atoms with Crippen molar-refractivity contribution in [2.24, 2.45) is 0 Å². The predicted octanol–water partition coefficient (Wildman–Crippen LogP) is 5.45. The van der Waals surface area contributed by atoms with Crippen LogP contribution in [0.15, 0.2) is 65.5 Å². The topological polar surface area (TPSA) is 135 Å². The minimum Gasteiger partial charge on any atom is -0.493 e. The number of hydrogen-bond acceptors (Lipinski definition) is 8. The molecule has 0 saturated carbocycles. The lowest BCUT2D eigenvalue weighted by atomic mass is 9.96. The molecule has 3 aromatic carbocycles. The van der Waals surface area contributed by atoms with Gasteiger partial charge in [0.2, 0.25) is 5.75 Å². The van der Waals surface area contributed by atoms with Gasteiger partial charge in [0.15, 0.2) is 17.2 Å². The van der Waals surface area contributed by atoms with Crippen LogP contribution in [-0.4, -0.2) is 48.8 Å². The second kappa shape index (κ2) is 12.1. The highest BCUT2D eigenvalue weighted by atomic mass is 16.6. The van der Waals surface area contributed by atoms with E-state index in [0.717, 1.165) is 5.56 Å². The van der Waals surface area contributed by atoms with Gasteiger partial charge in [0, 0.05) is 5.56 Å². The number of nitrogens with zero attached hydrogens (tertiary/aromatic N) is 1. The summed E-state index contributed by atoms with van der Waals surface area (Å²) in [5.74, 6) is -0.292. The molecular formula is C31H32N2O9. The van der Waals surface area contributed by atoms with Gasteiger partial charge >= 0.3 is 12.1 Å².